The number of hydrogen-bond acceptors (Lipinski definition) is 7. The molecule has 0 aromatic carbocycles. The molecule has 2 N–H and O–H groups in total. The van der Waals surface area contributed by atoms with E-state index < -0.39 is 35.7 Å². The van der Waals surface area contributed by atoms with E-state index in [1.54, 1.807) is 14.2 Å². The van der Waals surface area contributed by atoms with Crippen molar-refractivity contribution in [1.29, 1.82) is 0 Å². The van der Waals surface area contributed by atoms with Crippen LogP contribution in [0.4, 0.5) is 0 Å². The zero-order valence-corrected chi connectivity index (χ0v) is 17.5. The minimum atomic E-state index is -0.895. The summed E-state index contributed by atoms with van der Waals surface area (Å²) in [5.74, 6) is -2.06. The van der Waals surface area contributed by atoms with Crippen molar-refractivity contribution in [3.63, 3.8) is 0 Å². The zero-order chi connectivity index (χ0) is 20.9. The monoisotopic (exact) mass is 408 g/mol. The molecule has 0 radical (unpaired) electrons. The summed E-state index contributed by atoms with van der Waals surface area (Å²) in [5, 5.41) is 22.4. The highest BCUT2D eigenvalue weighted by atomic mass is 16.5. The fraction of sp³-hybridized carbons (Fsp3) is 0.773. The third-order valence-electron chi connectivity index (χ3n) is 7.32. The summed E-state index contributed by atoms with van der Waals surface area (Å²) in [5.41, 5.74) is 0.0777. The second-order valence-electron chi connectivity index (χ2n) is 9.01. The van der Waals surface area contributed by atoms with Gasteiger partial charge in [-0.15, -0.1) is 0 Å². The Morgan fingerprint density at radius 3 is 2.59 bits per heavy atom. The molecule has 0 amide bonds. The van der Waals surface area contributed by atoms with Gasteiger partial charge in [0.25, 0.3) is 0 Å². The number of carbonyl (C=O) groups is 1. The van der Waals surface area contributed by atoms with E-state index in [0.717, 1.165) is 5.57 Å². The lowest BCUT2D eigenvalue weighted by atomic mass is 9.56. The van der Waals surface area contributed by atoms with Gasteiger partial charge in [0.1, 0.15) is 5.60 Å². The molecular formula is C22H32O7. The molecule has 2 heterocycles. The van der Waals surface area contributed by atoms with Crippen LogP contribution in [-0.4, -0.2) is 74.1 Å². The van der Waals surface area contributed by atoms with Crippen molar-refractivity contribution in [2.24, 2.45) is 35.5 Å². The van der Waals surface area contributed by atoms with Crippen molar-refractivity contribution in [1.82, 2.24) is 0 Å². The van der Waals surface area contributed by atoms with E-state index in [2.05, 4.69) is 6.08 Å². The van der Waals surface area contributed by atoms with E-state index in [0.29, 0.717) is 0 Å². The largest absolute Gasteiger partial charge is 0.465 e. The highest BCUT2D eigenvalue weighted by Crippen LogP contribution is 2.61. The maximum absolute atomic E-state index is 12.9. The van der Waals surface area contributed by atoms with Gasteiger partial charge in [0.05, 0.1) is 44.1 Å². The molecule has 1 spiro atoms. The number of aliphatic hydroxyl groups excluding tert-OH is 2. The summed E-state index contributed by atoms with van der Waals surface area (Å²) in [7, 11) is 3.13. The number of rotatable bonds is 4. The van der Waals surface area contributed by atoms with Crippen LogP contribution < -0.4 is 0 Å². The van der Waals surface area contributed by atoms with Gasteiger partial charge in [-0.25, -0.2) is 0 Å². The molecule has 2 aliphatic heterocycles. The minimum Gasteiger partial charge on any atom is -0.465 e. The predicted molar refractivity (Wildman–Crippen MR) is 104 cm³/mol. The van der Waals surface area contributed by atoms with Crippen LogP contribution in [-0.2, 0) is 23.7 Å². The van der Waals surface area contributed by atoms with E-state index in [1.807, 2.05) is 26.0 Å². The third-order valence-corrected chi connectivity index (χ3v) is 7.32. The highest BCUT2D eigenvalue weighted by molar-refractivity contribution is 5.74. The summed E-state index contributed by atoms with van der Waals surface area (Å²) in [4.78, 5) is 12.9. The quantitative estimate of drug-likeness (QED) is 0.528. The molecule has 7 heteroatoms. The van der Waals surface area contributed by atoms with Gasteiger partial charge in [-0.1, -0.05) is 25.2 Å². The molecule has 2 aliphatic carbocycles. The van der Waals surface area contributed by atoms with Gasteiger partial charge in [-0.05, 0) is 12.5 Å². The molecule has 7 nitrogen and oxygen atoms in total. The van der Waals surface area contributed by atoms with E-state index in [-0.39, 0.29) is 49.5 Å². The number of hydrogen-bond donors (Lipinski definition) is 2. The van der Waals surface area contributed by atoms with Crippen molar-refractivity contribution < 1.29 is 34.0 Å². The number of methoxy groups -OCH3 is 2. The fourth-order valence-corrected chi connectivity index (χ4v) is 6.15. The zero-order valence-electron chi connectivity index (χ0n) is 17.5. The Kier molecular flexibility index (Phi) is 5.63. The second kappa shape index (κ2) is 7.78. The lowest BCUT2D eigenvalue weighted by molar-refractivity contribution is -0.159. The first-order valence-electron chi connectivity index (χ1n) is 10.4. The molecule has 1 saturated heterocycles. The third kappa shape index (κ3) is 3.01. The maximum Gasteiger partial charge on any atom is 0.312 e. The number of esters is 1. The second-order valence-corrected chi connectivity index (χ2v) is 9.01. The smallest absolute Gasteiger partial charge is 0.312 e. The normalized spacial score (nSPS) is 50.6. The van der Waals surface area contributed by atoms with Crippen LogP contribution >= 0.6 is 0 Å². The molecule has 1 saturated carbocycles. The van der Waals surface area contributed by atoms with Crippen molar-refractivity contribution >= 4 is 5.97 Å². The van der Waals surface area contributed by atoms with Crippen LogP contribution in [0, 0.1) is 35.5 Å². The van der Waals surface area contributed by atoms with E-state index in [9.17, 15) is 15.0 Å². The number of ether oxygens (including phenoxy) is 4. The van der Waals surface area contributed by atoms with E-state index in [1.165, 1.54) is 0 Å². The van der Waals surface area contributed by atoms with E-state index >= 15 is 0 Å². The number of aliphatic hydroxyl groups is 2. The van der Waals surface area contributed by atoms with Crippen LogP contribution in [0.2, 0.25) is 0 Å². The Morgan fingerprint density at radius 2 is 1.90 bits per heavy atom. The van der Waals surface area contributed by atoms with Gasteiger partial charge in [0.15, 0.2) is 0 Å². The van der Waals surface area contributed by atoms with Crippen LogP contribution in [0.3, 0.4) is 0 Å². The molecule has 162 valence electrons. The van der Waals surface area contributed by atoms with Gasteiger partial charge >= 0.3 is 5.97 Å². The van der Waals surface area contributed by atoms with Gasteiger partial charge < -0.3 is 29.2 Å². The van der Waals surface area contributed by atoms with Gasteiger partial charge in [-0.3, -0.25) is 4.79 Å². The molecule has 0 aromatic heterocycles. The van der Waals surface area contributed by atoms with Crippen molar-refractivity contribution in [2.45, 2.75) is 37.8 Å². The first-order chi connectivity index (χ1) is 13.9. The lowest BCUT2D eigenvalue weighted by Crippen LogP contribution is -2.58. The Balaban J connectivity index is 1.87. The number of carbonyl (C=O) groups excluding carboxylic acids is 1. The summed E-state index contributed by atoms with van der Waals surface area (Å²) >= 11 is 0. The Hall–Kier alpha value is -1.25. The summed E-state index contributed by atoms with van der Waals surface area (Å²) in [6.07, 6.45) is 3.97. The van der Waals surface area contributed by atoms with Crippen LogP contribution in [0.25, 0.3) is 0 Å². The van der Waals surface area contributed by atoms with Gasteiger partial charge in [-0.2, -0.15) is 0 Å². The Bertz CT molecular complexity index is 703. The standard InChI is InChI=1S/C22H32O7/c1-11-7-12(2)22-16(14(9-26-3)21(25)28-8-11)6-5-13-17(22)18(23)15(10-27-4)19(24)20(13)29-22/h5-7,11,13-20,23-24H,8-10H2,1-4H3/b12-7+/t11-,13-,14-,15-,16-,17+,18-,19-,20-,22+/m1/s1. The fourth-order valence-electron chi connectivity index (χ4n) is 6.15. The summed E-state index contributed by atoms with van der Waals surface area (Å²) in [6, 6.07) is 0. The molecule has 0 unspecified atom stereocenters. The number of cyclic esters (lactones) is 1. The summed E-state index contributed by atoms with van der Waals surface area (Å²) in [6.45, 7) is 4.74. The Labute approximate surface area is 171 Å². The predicted octanol–water partition coefficient (Wildman–Crippen LogP) is 0.942. The average molecular weight is 408 g/mol. The first kappa shape index (κ1) is 21.0. The topological polar surface area (TPSA) is 94.5 Å². The highest BCUT2D eigenvalue weighted by Gasteiger charge is 2.69. The molecule has 4 rings (SSSR count). The average Bonchev–Trinajstić information content (AvgIpc) is 2.90. The Morgan fingerprint density at radius 1 is 1.17 bits per heavy atom. The molecule has 4 aliphatic rings. The molecule has 4 bridgehead atoms. The van der Waals surface area contributed by atoms with Crippen molar-refractivity contribution in [3.05, 3.63) is 23.8 Å². The van der Waals surface area contributed by atoms with Crippen LogP contribution in [0.5, 0.6) is 0 Å². The molecule has 0 aromatic rings. The minimum absolute atomic E-state index is 0.0144. The van der Waals surface area contributed by atoms with E-state index in [4.69, 9.17) is 18.9 Å². The molecule has 10 atom stereocenters. The van der Waals surface area contributed by atoms with Gasteiger partial charge in [0, 0.05) is 43.8 Å². The van der Waals surface area contributed by atoms with Crippen LogP contribution in [0.15, 0.2) is 23.8 Å². The molecule has 29 heavy (non-hydrogen) atoms. The van der Waals surface area contributed by atoms with Gasteiger partial charge in [0.2, 0.25) is 0 Å². The van der Waals surface area contributed by atoms with Crippen molar-refractivity contribution in [2.75, 3.05) is 34.0 Å². The maximum atomic E-state index is 12.9. The molecular weight excluding hydrogens is 376 g/mol. The lowest BCUT2D eigenvalue weighted by Gasteiger charge is -2.49. The SMILES string of the molecule is COC[C@H]1[C@@H](O)[C@@H]2O[C@@]34/C(C)=C/[C@@H](C)COC(=O)[C@H](COC)[C@H]3C=C[C@@H]2[C@H]4[C@@H]1O. The van der Waals surface area contributed by atoms with Crippen LogP contribution in [0.1, 0.15) is 13.8 Å². The molecule has 2 fully saturated rings. The first-order valence-corrected chi connectivity index (χ1v) is 10.4. The summed E-state index contributed by atoms with van der Waals surface area (Å²) < 4.78 is 22.9. The van der Waals surface area contributed by atoms with Crippen molar-refractivity contribution in [3.8, 4) is 0 Å².